The van der Waals surface area contributed by atoms with Crippen LogP contribution in [0.1, 0.15) is 40.0 Å². The summed E-state index contributed by atoms with van der Waals surface area (Å²) in [5.74, 6) is 0.447. The highest BCUT2D eigenvalue weighted by molar-refractivity contribution is 5.69. The number of piperidine rings is 2. The zero-order chi connectivity index (χ0) is 13.3. The maximum absolute atomic E-state index is 12.1. The Kier molecular flexibility index (Phi) is 3.55. The number of amides is 1. The van der Waals surface area contributed by atoms with Crippen LogP contribution >= 0.6 is 0 Å². The molecule has 0 aromatic rings. The van der Waals surface area contributed by atoms with E-state index >= 15 is 0 Å². The van der Waals surface area contributed by atoms with Gasteiger partial charge in [0.05, 0.1) is 13.4 Å². The van der Waals surface area contributed by atoms with E-state index in [-0.39, 0.29) is 12.1 Å². The van der Waals surface area contributed by atoms with Crippen molar-refractivity contribution in [1.82, 2.24) is 4.90 Å². The number of nitrogens with zero attached hydrogens (tertiary/aromatic N) is 1. The number of carbonyl (C=O) groups is 1. The second kappa shape index (κ2) is 4.82. The first-order valence-corrected chi connectivity index (χ1v) is 6.62. The fourth-order valence-corrected chi connectivity index (χ4v) is 2.82. The van der Waals surface area contributed by atoms with Gasteiger partial charge in [0.2, 0.25) is 0 Å². The minimum Gasteiger partial charge on any atom is -0.504 e. The molecule has 3 rings (SSSR count). The van der Waals surface area contributed by atoms with Crippen LogP contribution in [0.15, 0.2) is 11.8 Å². The van der Waals surface area contributed by atoms with E-state index in [2.05, 4.69) is 0 Å². The Morgan fingerprint density at radius 2 is 2.11 bits per heavy atom. The average molecular weight is 253 g/mol. The van der Waals surface area contributed by atoms with Gasteiger partial charge < -0.3 is 14.4 Å². The van der Waals surface area contributed by atoms with Crippen LogP contribution in [0.5, 0.6) is 0 Å². The summed E-state index contributed by atoms with van der Waals surface area (Å²) in [6.45, 7) is 6.49. The summed E-state index contributed by atoms with van der Waals surface area (Å²) >= 11 is 0. The molecule has 1 aliphatic carbocycles. The molecule has 2 aliphatic heterocycles. The lowest BCUT2D eigenvalue weighted by atomic mass is 9.77. The molecule has 1 amide bonds. The highest BCUT2D eigenvalue weighted by Crippen LogP contribution is 2.39. The van der Waals surface area contributed by atoms with Gasteiger partial charge in [-0.2, -0.15) is 0 Å². The Hall–Kier alpha value is -1.19. The van der Waals surface area contributed by atoms with Gasteiger partial charge in [0, 0.05) is 18.5 Å². The topological polar surface area (TPSA) is 38.8 Å². The van der Waals surface area contributed by atoms with E-state index in [1.54, 1.807) is 7.11 Å². The van der Waals surface area contributed by atoms with Crippen LogP contribution in [0.2, 0.25) is 0 Å². The third-order valence-corrected chi connectivity index (χ3v) is 3.60. The summed E-state index contributed by atoms with van der Waals surface area (Å²) in [5, 5.41) is 0. The predicted octanol–water partition coefficient (Wildman–Crippen LogP) is 2.94. The SMILES string of the molecule is CO/C=C1\CC2CCC1CN2C(=O)OC(C)(C)C. The van der Waals surface area contributed by atoms with Crippen molar-refractivity contribution in [2.75, 3.05) is 13.7 Å². The Labute approximate surface area is 109 Å². The van der Waals surface area contributed by atoms with Crippen molar-refractivity contribution in [3.63, 3.8) is 0 Å². The van der Waals surface area contributed by atoms with Gasteiger partial charge >= 0.3 is 6.09 Å². The smallest absolute Gasteiger partial charge is 0.410 e. The number of ether oxygens (including phenoxy) is 2. The molecule has 2 unspecified atom stereocenters. The highest BCUT2D eigenvalue weighted by atomic mass is 16.6. The summed E-state index contributed by atoms with van der Waals surface area (Å²) in [6, 6.07) is 0.284. The van der Waals surface area contributed by atoms with E-state index in [9.17, 15) is 4.79 Å². The number of fused-ring (bicyclic) bond motifs is 3. The van der Waals surface area contributed by atoms with Crippen molar-refractivity contribution >= 4 is 6.09 Å². The van der Waals surface area contributed by atoms with Gasteiger partial charge in [-0.3, -0.25) is 0 Å². The van der Waals surface area contributed by atoms with Crippen molar-refractivity contribution in [2.45, 2.75) is 51.7 Å². The number of carbonyl (C=O) groups excluding carboxylic acids is 1. The average Bonchev–Trinajstić information content (AvgIpc) is 2.28. The summed E-state index contributed by atoms with van der Waals surface area (Å²) in [4.78, 5) is 14.0. The summed E-state index contributed by atoms with van der Waals surface area (Å²) in [7, 11) is 1.68. The molecule has 2 heterocycles. The van der Waals surface area contributed by atoms with Gasteiger partial charge in [-0.25, -0.2) is 4.79 Å². The fraction of sp³-hybridized carbons (Fsp3) is 0.786. The summed E-state index contributed by atoms with van der Waals surface area (Å²) in [6.07, 6.45) is 4.83. The van der Waals surface area contributed by atoms with Crippen molar-refractivity contribution < 1.29 is 14.3 Å². The molecule has 0 N–H and O–H groups in total. The predicted molar refractivity (Wildman–Crippen MR) is 69.2 cm³/mol. The van der Waals surface area contributed by atoms with E-state index in [0.29, 0.717) is 5.92 Å². The first-order chi connectivity index (χ1) is 8.40. The normalized spacial score (nSPS) is 29.6. The number of hydrogen-bond acceptors (Lipinski definition) is 3. The molecule has 0 spiro atoms. The molecule has 2 saturated heterocycles. The van der Waals surface area contributed by atoms with Gasteiger partial charge in [0.25, 0.3) is 0 Å². The molecular formula is C14H23NO3. The van der Waals surface area contributed by atoms with Crippen molar-refractivity contribution in [3.8, 4) is 0 Å². The third-order valence-electron chi connectivity index (χ3n) is 3.60. The van der Waals surface area contributed by atoms with Gasteiger partial charge in [-0.15, -0.1) is 0 Å². The van der Waals surface area contributed by atoms with Crippen LogP contribution in [-0.2, 0) is 9.47 Å². The van der Waals surface area contributed by atoms with Crippen molar-refractivity contribution in [1.29, 1.82) is 0 Å². The van der Waals surface area contributed by atoms with Gasteiger partial charge in [-0.05, 0) is 45.6 Å². The van der Waals surface area contributed by atoms with Crippen LogP contribution in [0.25, 0.3) is 0 Å². The lowest BCUT2D eigenvalue weighted by molar-refractivity contribution is -0.00290. The molecule has 1 saturated carbocycles. The van der Waals surface area contributed by atoms with E-state index in [0.717, 1.165) is 25.8 Å². The fourth-order valence-electron chi connectivity index (χ4n) is 2.82. The second-order valence-electron chi connectivity index (χ2n) is 6.19. The monoisotopic (exact) mass is 253 g/mol. The zero-order valence-electron chi connectivity index (χ0n) is 11.7. The number of methoxy groups -OCH3 is 1. The Morgan fingerprint density at radius 3 is 2.61 bits per heavy atom. The van der Waals surface area contributed by atoms with Gasteiger partial charge in [0.1, 0.15) is 5.60 Å². The van der Waals surface area contributed by atoms with Crippen LogP contribution in [-0.4, -0.2) is 36.3 Å². The molecule has 0 aromatic heterocycles. The number of hydrogen-bond donors (Lipinski definition) is 0. The molecule has 4 nitrogen and oxygen atoms in total. The van der Waals surface area contributed by atoms with Crippen LogP contribution in [0.3, 0.4) is 0 Å². The minimum atomic E-state index is -0.418. The molecule has 0 aromatic carbocycles. The Morgan fingerprint density at radius 1 is 1.39 bits per heavy atom. The quantitative estimate of drug-likeness (QED) is 0.674. The molecule has 0 radical (unpaired) electrons. The van der Waals surface area contributed by atoms with Crippen molar-refractivity contribution in [2.24, 2.45) is 5.92 Å². The van der Waals surface area contributed by atoms with E-state index in [1.807, 2.05) is 31.9 Å². The van der Waals surface area contributed by atoms with Gasteiger partial charge in [0.15, 0.2) is 0 Å². The summed E-state index contributed by atoms with van der Waals surface area (Å²) in [5.41, 5.74) is 0.924. The standard InChI is InChI=1S/C14H23NO3/c1-14(2,3)18-13(16)15-8-10-5-6-12(15)7-11(10)9-17-4/h9-10,12H,5-8H2,1-4H3/b11-9+. The lowest BCUT2D eigenvalue weighted by Gasteiger charge is -2.46. The lowest BCUT2D eigenvalue weighted by Crippen LogP contribution is -2.53. The van der Waals surface area contributed by atoms with E-state index in [1.165, 1.54) is 5.57 Å². The van der Waals surface area contributed by atoms with Crippen LogP contribution < -0.4 is 0 Å². The van der Waals surface area contributed by atoms with Gasteiger partial charge in [-0.1, -0.05) is 0 Å². The van der Waals surface area contributed by atoms with Crippen LogP contribution in [0.4, 0.5) is 4.79 Å². The molecule has 18 heavy (non-hydrogen) atoms. The summed E-state index contributed by atoms with van der Waals surface area (Å²) < 4.78 is 10.6. The highest BCUT2D eigenvalue weighted by Gasteiger charge is 2.40. The molecule has 2 atom stereocenters. The molecule has 4 heteroatoms. The van der Waals surface area contributed by atoms with Crippen molar-refractivity contribution in [3.05, 3.63) is 11.8 Å². The van der Waals surface area contributed by atoms with E-state index < -0.39 is 5.60 Å². The van der Waals surface area contributed by atoms with Crippen LogP contribution in [0, 0.1) is 5.92 Å². The number of rotatable bonds is 1. The minimum absolute atomic E-state index is 0.173. The molecule has 3 fully saturated rings. The van der Waals surface area contributed by atoms with E-state index in [4.69, 9.17) is 9.47 Å². The Bertz CT molecular complexity index is 357. The molecule has 3 aliphatic rings. The molecule has 2 bridgehead atoms. The Balaban J connectivity index is 2.03. The zero-order valence-corrected chi connectivity index (χ0v) is 11.7. The maximum Gasteiger partial charge on any atom is 0.410 e. The molecular weight excluding hydrogens is 230 g/mol. The maximum atomic E-state index is 12.1. The second-order valence-corrected chi connectivity index (χ2v) is 6.19. The molecule has 102 valence electrons. The first kappa shape index (κ1) is 13.2. The third kappa shape index (κ3) is 2.79. The largest absolute Gasteiger partial charge is 0.504 e. The first-order valence-electron chi connectivity index (χ1n) is 6.62.